The van der Waals surface area contributed by atoms with Crippen molar-refractivity contribution in [2.45, 2.75) is 26.8 Å². The maximum Gasteiger partial charge on any atom is 0.277 e. The van der Waals surface area contributed by atoms with Gasteiger partial charge in [-0.3, -0.25) is 9.48 Å². The molecule has 0 aromatic carbocycles. The Balaban J connectivity index is 2.10. The van der Waals surface area contributed by atoms with Crippen molar-refractivity contribution >= 4 is 16.1 Å². The molecule has 1 aromatic heterocycles. The van der Waals surface area contributed by atoms with Crippen molar-refractivity contribution in [3.8, 4) is 0 Å². The number of nitrogens with two attached hydrogens (primary N) is 1. The second kappa shape index (κ2) is 6.12. The molecule has 0 unspecified atom stereocenters. The smallest absolute Gasteiger partial charge is 0.277 e. The van der Waals surface area contributed by atoms with Gasteiger partial charge in [-0.15, -0.1) is 0 Å². The topological polar surface area (TPSA) is 102 Å². The van der Waals surface area contributed by atoms with Gasteiger partial charge in [-0.2, -0.15) is 17.8 Å². The molecular formula is C12H21N5O3S. The fourth-order valence-corrected chi connectivity index (χ4v) is 3.04. The SMILES string of the molecule is CCc1cc(C(=O)N2CCN(S(N)(=O)=O)CC2)n(CC)n1. The summed E-state index contributed by atoms with van der Waals surface area (Å²) in [4.78, 5) is 14.2. The summed E-state index contributed by atoms with van der Waals surface area (Å²) in [5.74, 6) is -0.113. The molecule has 0 spiro atoms. The first-order valence-electron chi connectivity index (χ1n) is 7.00. The maximum atomic E-state index is 12.5. The Hall–Kier alpha value is -1.45. The van der Waals surface area contributed by atoms with Crippen LogP contribution in [0.5, 0.6) is 0 Å². The number of nitrogens with zero attached hydrogens (tertiary/aromatic N) is 4. The van der Waals surface area contributed by atoms with Gasteiger partial charge in [0.2, 0.25) is 0 Å². The Kier molecular flexibility index (Phi) is 4.64. The zero-order chi connectivity index (χ0) is 15.6. The first-order chi connectivity index (χ1) is 9.86. The predicted octanol–water partition coefficient (Wildman–Crippen LogP) is -0.573. The van der Waals surface area contributed by atoms with Crippen LogP contribution in [-0.2, 0) is 23.2 Å². The van der Waals surface area contributed by atoms with E-state index in [0.29, 0.717) is 25.3 Å². The molecule has 1 amide bonds. The van der Waals surface area contributed by atoms with Crippen LogP contribution < -0.4 is 5.14 Å². The molecule has 0 saturated carbocycles. The average Bonchev–Trinajstić information content (AvgIpc) is 2.89. The summed E-state index contributed by atoms with van der Waals surface area (Å²) in [7, 11) is -3.67. The highest BCUT2D eigenvalue weighted by Crippen LogP contribution is 2.12. The molecule has 1 aromatic rings. The van der Waals surface area contributed by atoms with Crippen molar-refractivity contribution in [2.24, 2.45) is 5.14 Å². The van der Waals surface area contributed by atoms with Gasteiger partial charge in [-0.05, 0) is 19.4 Å². The molecule has 2 N–H and O–H groups in total. The third-order valence-electron chi connectivity index (χ3n) is 3.60. The van der Waals surface area contributed by atoms with Gasteiger partial charge in [0.05, 0.1) is 5.69 Å². The molecule has 1 saturated heterocycles. The Morgan fingerprint density at radius 2 is 1.90 bits per heavy atom. The van der Waals surface area contributed by atoms with Crippen LogP contribution in [0.2, 0.25) is 0 Å². The Labute approximate surface area is 124 Å². The molecule has 2 rings (SSSR count). The number of hydrogen-bond acceptors (Lipinski definition) is 4. The van der Waals surface area contributed by atoms with E-state index in [0.717, 1.165) is 12.1 Å². The molecule has 21 heavy (non-hydrogen) atoms. The first kappa shape index (κ1) is 15.9. The van der Waals surface area contributed by atoms with Crippen LogP contribution in [0.4, 0.5) is 0 Å². The Morgan fingerprint density at radius 3 is 2.38 bits per heavy atom. The first-order valence-corrected chi connectivity index (χ1v) is 8.51. The zero-order valence-corrected chi connectivity index (χ0v) is 13.1. The Morgan fingerprint density at radius 1 is 1.29 bits per heavy atom. The quantitative estimate of drug-likeness (QED) is 0.803. The molecule has 0 radical (unpaired) electrons. The van der Waals surface area contributed by atoms with E-state index < -0.39 is 10.2 Å². The third kappa shape index (κ3) is 3.42. The van der Waals surface area contributed by atoms with Gasteiger partial charge >= 0.3 is 0 Å². The van der Waals surface area contributed by atoms with Crippen LogP contribution in [0.3, 0.4) is 0 Å². The van der Waals surface area contributed by atoms with Crippen molar-refractivity contribution < 1.29 is 13.2 Å². The van der Waals surface area contributed by atoms with Crippen LogP contribution >= 0.6 is 0 Å². The summed E-state index contributed by atoms with van der Waals surface area (Å²) in [6.45, 7) is 5.68. The number of carbonyl (C=O) groups excluding carboxylic acids is 1. The van der Waals surface area contributed by atoms with Gasteiger partial charge in [0.15, 0.2) is 0 Å². The monoisotopic (exact) mass is 315 g/mol. The molecule has 0 bridgehead atoms. The molecule has 1 aliphatic rings. The van der Waals surface area contributed by atoms with E-state index in [1.807, 2.05) is 13.8 Å². The normalized spacial score (nSPS) is 17.2. The minimum absolute atomic E-state index is 0.113. The molecule has 0 atom stereocenters. The van der Waals surface area contributed by atoms with Crippen molar-refractivity contribution in [3.05, 3.63) is 17.5 Å². The highest BCUT2D eigenvalue weighted by Gasteiger charge is 2.28. The maximum absolute atomic E-state index is 12.5. The third-order valence-corrected chi connectivity index (χ3v) is 4.68. The number of carbonyl (C=O) groups is 1. The molecular weight excluding hydrogens is 294 g/mol. The van der Waals surface area contributed by atoms with E-state index in [2.05, 4.69) is 5.10 Å². The summed E-state index contributed by atoms with van der Waals surface area (Å²) in [5.41, 5.74) is 1.43. The molecule has 8 nitrogen and oxygen atoms in total. The lowest BCUT2D eigenvalue weighted by atomic mass is 10.2. The summed E-state index contributed by atoms with van der Waals surface area (Å²) < 4.78 is 25.4. The number of amides is 1. The number of rotatable bonds is 4. The van der Waals surface area contributed by atoms with Crippen LogP contribution in [0.15, 0.2) is 6.07 Å². The van der Waals surface area contributed by atoms with E-state index in [4.69, 9.17) is 5.14 Å². The average molecular weight is 315 g/mol. The van der Waals surface area contributed by atoms with E-state index >= 15 is 0 Å². The standard InChI is InChI=1S/C12H21N5O3S/c1-3-10-9-11(17(4-2)14-10)12(18)15-5-7-16(8-6-15)21(13,19)20/h9H,3-8H2,1-2H3,(H2,13,19,20). The van der Waals surface area contributed by atoms with Crippen LogP contribution in [0, 0.1) is 0 Å². The van der Waals surface area contributed by atoms with Crippen LogP contribution in [0.1, 0.15) is 30.0 Å². The minimum Gasteiger partial charge on any atom is -0.335 e. The van der Waals surface area contributed by atoms with Gasteiger partial charge in [-0.1, -0.05) is 6.92 Å². The van der Waals surface area contributed by atoms with Crippen LogP contribution in [-0.4, -0.2) is 59.5 Å². The van der Waals surface area contributed by atoms with Gasteiger partial charge in [-0.25, -0.2) is 5.14 Å². The highest BCUT2D eigenvalue weighted by molar-refractivity contribution is 7.86. The summed E-state index contributed by atoms with van der Waals surface area (Å²) in [5, 5.41) is 9.45. The van der Waals surface area contributed by atoms with Crippen molar-refractivity contribution in [1.82, 2.24) is 19.0 Å². The van der Waals surface area contributed by atoms with Crippen molar-refractivity contribution in [2.75, 3.05) is 26.2 Å². The van der Waals surface area contributed by atoms with E-state index in [1.165, 1.54) is 4.31 Å². The van der Waals surface area contributed by atoms with E-state index in [-0.39, 0.29) is 19.0 Å². The molecule has 2 heterocycles. The lowest BCUT2D eigenvalue weighted by Crippen LogP contribution is -2.52. The van der Waals surface area contributed by atoms with Crippen molar-refractivity contribution in [1.29, 1.82) is 0 Å². The van der Waals surface area contributed by atoms with Crippen LogP contribution in [0.25, 0.3) is 0 Å². The summed E-state index contributed by atoms with van der Waals surface area (Å²) >= 11 is 0. The van der Waals surface area contributed by atoms with Gasteiger partial charge in [0, 0.05) is 32.7 Å². The number of aromatic nitrogens is 2. The van der Waals surface area contributed by atoms with Gasteiger partial charge < -0.3 is 4.90 Å². The van der Waals surface area contributed by atoms with Crippen molar-refractivity contribution in [3.63, 3.8) is 0 Å². The molecule has 9 heteroatoms. The van der Waals surface area contributed by atoms with Gasteiger partial charge in [0.1, 0.15) is 5.69 Å². The largest absolute Gasteiger partial charge is 0.335 e. The number of aryl methyl sites for hydroxylation is 2. The summed E-state index contributed by atoms with van der Waals surface area (Å²) in [6, 6.07) is 1.80. The van der Waals surface area contributed by atoms with E-state index in [9.17, 15) is 13.2 Å². The second-order valence-electron chi connectivity index (χ2n) is 4.93. The highest BCUT2D eigenvalue weighted by atomic mass is 32.2. The molecule has 1 fully saturated rings. The fourth-order valence-electron chi connectivity index (χ4n) is 2.36. The molecule has 118 valence electrons. The van der Waals surface area contributed by atoms with E-state index in [1.54, 1.807) is 15.6 Å². The number of hydrogen-bond donors (Lipinski definition) is 1. The van der Waals surface area contributed by atoms with Gasteiger partial charge in [0.25, 0.3) is 16.1 Å². The minimum atomic E-state index is -3.67. The predicted molar refractivity (Wildman–Crippen MR) is 77.9 cm³/mol. The lowest BCUT2D eigenvalue weighted by Gasteiger charge is -2.32. The lowest BCUT2D eigenvalue weighted by molar-refractivity contribution is 0.0685. The fraction of sp³-hybridized carbons (Fsp3) is 0.667. The number of piperazine rings is 1. The summed E-state index contributed by atoms with van der Waals surface area (Å²) in [6.07, 6.45) is 0.770. The Bertz CT molecular complexity index is 617. The second-order valence-corrected chi connectivity index (χ2v) is 6.47. The molecule has 0 aliphatic carbocycles. The molecule has 1 aliphatic heterocycles. The zero-order valence-electron chi connectivity index (χ0n) is 12.3.